The molecule has 0 heterocycles. The summed E-state index contributed by atoms with van der Waals surface area (Å²) in [5, 5.41) is 12.1. The Bertz CT molecular complexity index is 364. The largest absolute Gasteiger partial charge is 0.396 e. The molecular formula is C15H24N2O2. The third-order valence-electron chi connectivity index (χ3n) is 3.22. The minimum absolute atomic E-state index is 0.00556. The fourth-order valence-corrected chi connectivity index (χ4v) is 2.03. The molecule has 4 nitrogen and oxygen atoms in total. The molecule has 0 spiro atoms. The smallest absolute Gasteiger partial charge is 0.234 e. The number of benzene rings is 1. The predicted molar refractivity (Wildman–Crippen MR) is 76.8 cm³/mol. The highest BCUT2D eigenvalue weighted by Gasteiger charge is 2.15. The number of hydrogen-bond acceptors (Lipinski definition) is 3. The van der Waals surface area contributed by atoms with Crippen LogP contribution in [0.2, 0.25) is 0 Å². The second kappa shape index (κ2) is 8.67. The second-order valence-corrected chi connectivity index (χ2v) is 4.50. The molecule has 19 heavy (non-hydrogen) atoms. The van der Waals surface area contributed by atoms with Crippen LogP contribution in [0.25, 0.3) is 0 Å². The predicted octanol–water partition coefficient (Wildman–Crippen LogP) is 1.57. The maximum absolute atomic E-state index is 12.0. The zero-order valence-electron chi connectivity index (χ0n) is 11.8. The van der Waals surface area contributed by atoms with Crippen LogP contribution < -0.4 is 5.32 Å². The minimum atomic E-state index is -0.116. The Morgan fingerprint density at radius 2 is 1.89 bits per heavy atom. The minimum Gasteiger partial charge on any atom is -0.396 e. The van der Waals surface area contributed by atoms with Crippen LogP contribution in [0.3, 0.4) is 0 Å². The molecule has 0 aromatic heterocycles. The van der Waals surface area contributed by atoms with E-state index in [1.807, 2.05) is 44.2 Å². The van der Waals surface area contributed by atoms with Gasteiger partial charge in [-0.15, -0.1) is 0 Å². The van der Waals surface area contributed by atoms with Crippen LogP contribution in [0.1, 0.15) is 31.9 Å². The normalized spacial score (nSPS) is 12.4. The third-order valence-corrected chi connectivity index (χ3v) is 3.22. The summed E-state index contributed by atoms with van der Waals surface area (Å²) in [6, 6.07) is 9.65. The Balaban J connectivity index is 2.61. The van der Waals surface area contributed by atoms with Crippen molar-refractivity contribution in [2.24, 2.45) is 0 Å². The van der Waals surface area contributed by atoms with Crippen LogP contribution in [0.4, 0.5) is 0 Å². The van der Waals surface area contributed by atoms with Gasteiger partial charge < -0.3 is 10.4 Å². The lowest BCUT2D eigenvalue weighted by Gasteiger charge is -2.22. The van der Waals surface area contributed by atoms with Crippen molar-refractivity contribution < 1.29 is 9.90 Å². The molecule has 0 radical (unpaired) electrons. The number of hydrogen-bond donors (Lipinski definition) is 2. The van der Waals surface area contributed by atoms with E-state index in [1.165, 1.54) is 0 Å². The van der Waals surface area contributed by atoms with Gasteiger partial charge in [0.2, 0.25) is 5.91 Å². The summed E-state index contributed by atoms with van der Waals surface area (Å²) in [6.07, 6.45) is 0.536. The van der Waals surface area contributed by atoms with Gasteiger partial charge in [0.05, 0.1) is 12.6 Å². The average Bonchev–Trinajstić information content (AvgIpc) is 2.45. The summed E-state index contributed by atoms with van der Waals surface area (Å²) >= 11 is 0. The Morgan fingerprint density at radius 1 is 1.26 bits per heavy atom. The molecule has 0 saturated carbocycles. The average molecular weight is 264 g/mol. The zero-order chi connectivity index (χ0) is 14.1. The van der Waals surface area contributed by atoms with Crippen molar-refractivity contribution in [1.82, 2.24) is 10.2 Å². The molecule has 0 bridgehead atoms. The maximum atomic E-state index is 12.0. The van der Waals surface area contributed by atoms with Crippen molar-refractivity contribution in [3.8, 4) is 0 Å². The van der Waals surface area contributed by atoms with Gasteiger partial charge in [0, 0.05) is 6.61 Å². The number of likely N-dealkylation sites (N-methyl/N-ethyl adjacent to an activating group) is 1. The van der Waals surface area contributed by atoms with Crippen LogP contribution in [0.5, 0.6) is 0 Å². The number of nitrogens with zero attached hydrogens (tertiary/aromatic N) is 1. The van der Waals surface area contributed by atoms with Crippen LogP contribution in [0, 0.1) is 0 Å². The molecule has 0 saturated heterocycles. The maximum Gasteiger partial charge on any atom is 0.234 e. The molecule has 0 aliphatic carbocycles. The lowest BCUT2D eigenvalue weighted by atomic mass is 10.0. The van der Waals surface area contributed by atoms with Crippen LogP contribution >= 0.6 is 0 Å². The highest BCUT2D eigenvalue weighted by Crippen LogP contribution is 2.15. The fraction of sp³-hybridized carbons (Fsp3) is 0.533. The Kier molecular flexibility index (Phi) is 7.15. The standard InChI is InChI=1S/C15H24N2O2/c1-3-17(4-2)12-15(19)16-14(10-11-18)13-8-6-5-7-9-13/h5-9,14,18H,3-4,10-12H2,1-2H3,(H,16,19). The number of nitrogens with one attached hydrogen (secondary N) is 1. The third kappa shape index (κ3) is 5.41. The van der Waals surface area contributed by atoms with Crippen molar-refractivity contribution in [3.63, 3.8) is 0 Å². The van der Waals surface area contributed by atoms with Gasteiger partial charge in [0.1, 0.15) is 0 Å². The first-order chi connectivity index (χ1) is 9.21. The van der Waals surface area contributed by atoms with E-state index in [0.717, 1.165) is 18.7 Å². The van der Waals surface area contributed by atoms with Crippen LogP contribution in [-0.4, -0.2) is 42.2 Å². The van der Waals surface area contributed by atoms with Crippen molar-refractivity contribution in [3.05, 3.63) is 35.9 Å². The van der Waals surface area contributed by atoms with E-state index in [4.69, 9.17) is 5.11 Å². The van der Waals surface area contributed by atoms with Crippen molar-refractivity contribution in [1.29, 1.82) is 0 Å². The van der Waals surface area contributed by atoms with E-state index < -0.39 is 0 Å². The molecule has 1 unspecified atom stereocenters. The van der Waals surface area contributed by atoms with Crippen LogP contribution in [-0.2, 0) is 4.79 Å². The van der Waals surface area contributed by atoms with Crippen molar-refractivity contribution in [2.45, 2.75) is 26.3 Å². The van der Waals surface area contributed by atoms with Gasteiger partial charge in [0.25, 0.3) is 0 Å². The number of aliphatic hydroxyl groups excluding tert-OH is 1. The second-order valence-electron chi connectivity index (χ2n) is 4.50. The molecule has 4 heteroatoms. The van der Waals surface area contributed by atoms with Gasteiger partial charge in [0.15, 0.2) is 0 Å². The molecule has 1 aromatic rings. The number of carbonyl (C=O) groups excluding carboxylic acids is 1. The van der Waals surface area contributed by atoms with Gasteiger partial charge in [-0.3, -0.25) is 9.69 Å². The monoisotopic (exact) mass is 264 g/mol. The summed E-state index contributed by atoms with van der Waals surface area (Å²) in [7, 11) is 0. The van der Waals surface area contributed by atoms with E-state index in [9.17, 15) is 4.79 Å². The fourth-order valence-electron chi connectivity index (χ4n) is 2.03. The molecular weight excluding hydrogens is 240 g/mol. The van der Waals surface area contributed by atoms with Crippen LogP contribution in [0.15, 0.2) is 30.3 Å². The van der Waals surface area contributed by atoms with Gasteiger partial charge in [-0.05, 0) is 25.1 Å². The summed E-state index contributed by atoms with van der Waals surface area (Å²) in [6.45, 7) is 6.27. The first kappa shape index (κ1) is 15.7. The Labute approximate surface area is 115 Å². The molecule has 106 valence electrons. The summed E-state index contributed by atoms with van der Waals surface area (Å²) in [5.74, 6) is 0.00556. The molecule has 1 atom stereocenters. The quantitative estimate of drug-likeness (QED) is 0.749. The molecule has 0 aliphatic heterocycles. The topological polar surface area (TPSA) is 52.6 Å². The molecule has 1 amide bonds. The first-order valence-electron chi connectivity index (χ1n) is 6.88. The highest BCUT2D eigenvalue weighted by molar-refractivity contribution is 5.78. The number of aliphatic hydroxyl groups is 1. The first-order valence-corrected chi connectivity index (χ1v) is 6.88. The number of carbonyl (C=O) groups is 1. The highest BCUT2D eigenvalue weighted by atomic mass is 16.3. The summed E-state index contributed by atoms with van der Waals surface area (Å²) < 4.78 is 0. The van der Waals surface area contributed by atoms with E-state index >= 15 is 0 Å². The van der Waals surface area contributed by atoms with E-state index in [-0.39, 0.29) is 18.6 Å². The molecule has 1 rings (SSSR count). The van der Waals surface area contributed by atoms with Gasteiger partial charge in [-0.2, -0.15) is 0 Å². The number of rotatable bonds is 8. The molecule has 1 aromatic carbocycles. The van der Waals surface area contributed by atoms with Gasteiger partial charge >= 0.3 is 0 Å². The molecule has 2 N–H and O–H groups in total. The van der Waals surface area contributed by atoms with E-state index in [2.05, 4.69) is 10.2 Å². The lowest BCUT2D eigenvalue weighted by molar-refractivity contribution is -0.123. The van der Waals surface area contributed by atoms with Crippen molar-refractivity contribution >= 4 is 5.91 Å². The SMILES string of the molecule is CCN(CC)CC(=O)NC(CCO)c1ccccc1. The zero-order valence-corrected chi connectivity index (χ0v) is 11.8. The van der Waals surface area contributed by atoms with Gasteiger partial charge in [-0.1, -0.05) is 44.2 Å². The summed E-state index contributed by atoms with van der Waals surface area (Å²) in [5.41, 5.74) is 1.03. The molecule has 0 aliphatic rings. The van der Waals surface area contributed by atoms with E-state index in [0.29, 0.717) is 13.0 Å². The van der Waals surface area contributed by atoms with Gasteiger partial charge in [-0.25, -0.2) is 0 Å². The van der Waals surface area contributed by atoms with E-state index in [1.54, 1.807) is 0 Å². The lowest BCUT2D eigenvalue weighted by Crippen LogP contribution is -2.39. The summed E-state index contributed by atoms with van der Waals surface area (Å²) in [4.78, 5) is 14.1. The van der Waals surface area contributed by atoms with Crippen molar-refractivity contribution in [2.75, 3.05) is 26.2 Å². The Morgan fingerprint density at radius 3 is 2.42 bits per heavy atom. The number of amides is 1. The molecule has 0 fully saturated rings. The Hall–Kier alpha value is -1.39.